The highest BCUT2D eigenvalue weighted by Crippen LogP contribution is 2.28. The topological polar surface area (TPSA) is 47.0 Å². The number of hydrogen-bond donors (Lipinski definition) is 1. The molecule has 0 bridgehead atoms. The van der Waals surface area contributed by atoms with E-state index in [4.69, 9.17) is 16.3 Å². The van der Waals surface area contributed by atoms with Gasteiger partial charge in [-0.15, -0.1) is 0 Å². The number of ether oxygens (including phenoxy) is 1. The van der Waals surface area contributed by atoms with Gasteiger partial charge in [-0.25, -0.2) is 9.97 Å². The van der Waals surface area contributed by atoms with E-state index in [1.807, 2.05) is 24.3 Å². The van der Waals surface area contributed by atoms with Gasteiger partial charge in [-0.3, -0.25) is 0 Å². The SMILES string of the molecule is Clc1nc(NCCCOCC2CC2)c2ccccc2n1. The molecule has 106 valence electrons. The molecule has 1 fully saturated rings. The zero-order valence-electron chi connectivity index (χ0n) is 11.3. The number of para-hydroxylation sites is 1. The molecule has 2 aromatic rings. The van der Waals surface area contributed by atoms with E-state index < -0.39 is 0 Å². The first-order valence-electron chi connectivity index (χ1n) is 7.07. The third-order valence-corrected chi connectivity index (χ3v) is 3.55. The third kappa shape index (κ3) is 3.58. The van der Waals surface area contributed by atoms with E-state index in [9.17, 15) is 0 Å². The smallest absolute Gasteiger partial charge is 0.224 e. The summed E-state index contributed by atoms with van der Waals surface area (Å²) in [5, 5.41) is 4.59. The Bertz CT molecular complexity index is 586. The summed E-state index contributed by atoms with van der Waals surface area (Å²) in [6, 6.07) is 7.86. The van der Waals surface area contributed by atoms with Crippen LogP contribution in [0.15, 0.2) is 24.3 Å². The summed E-state index contributed by atoms with van der Waals surface area (Å²) in [5.74, 6) is 1.62. The van der Waals surface area contributed by atoms with Gasteiger partial charge in [-0.05, 0) is 48.9 Å². The standard InChI is InChI=1S/C15H18ClN3O/c16-15-18-13-5-2-1-4-12(13)14(19-15)17-8-3-9-20-10-11-6-7-11/h1-2,4-5,11H,3,6-10H2,(H,17,18,19). The highest BCUT2D eigenvalue weighted by atomic mass is 35.5. The largest absolute Gasteiger partial charge is 0.381 e. The maximum absolute atomic E-state index is 5.94. The van der Waals surface area contributed by atoms with Gasteiger partial charge < -0.3 is 10.1 Å². The van der Waals surface area contributed by atoms with Crippen molar-refractivity contribution in [2.75, 3.05) is 25.1 Å². The predicted octanol–water partition coefficient (Wildman–Crippen LogP) is 3.51. The minimum atomic E-state index is 0.274. The number of nitrogens with zero attached hydrogens (tertiary/aromatic N) is 2. The number of anilines is 1. The molecule has 0 unspecified atom stereocenters. The molecule has 0 atom stereocenters. The van der Waals surface area contributed by atoms with Crippen molar-refractivity contribution in [1.29, 1.82) is 0 Å². The highest BCUT2D eigenvalue weighted by Gasteiger charge is 2.20. The molecule has 4 nitrogen and oxygen atoms in total. The Balaban J connectivity index is 1.53. The monoisotopic (exact) mass is 291 g/mol. The molecule has 1 aliphatic rings. The lowest BCUT2D eigenvalue weighted by atomic mass is 10.2. The van der Waals surface area contributed by atoms with Gasteiger partial charge in [0.1, 0.15) is 5.82 Å². The zero-order chi connectivity index (χ0) is 13.8. The van der Waals surface area contributed by atoms with E-state index in [-0.39, 0.29) is 5.28 Å². The van der Waals surface area contributed by atoms with Crippen LogP contribution in [0.5, 0.6) is 0 Å². The highest BCUT2D eigenvalue weighted by molar-refractivity contribution is 6.28. The Morgan fingerprint density at radius 2 is 2.10 bits per heavy atom. The fourth-order valence-corrected chi connectivity index (χ4v) is 2.27. The predicted molar refractivity (Wildman–Crippen MR) is 81.2 cm³/mol. The van der Waals surface area contributed by atoms with E-state index in [1.165, 1.54) is 12.8 Å². The van der Waals surface area contributed by atoms with Gasteiger partial charge in [-0.2, -0.15) is 0 Å². The molecule has 1 aromatic carbocycles. The average Bonchev–Trinajstić information content (AvgIpc) is 3.26. The van der Waals surface area contributed by atoms with Crippen LogP contribution in [-0.2, 0) is 4.74 Å². The molecule has 0 aliphatic heterocycles. The van der Waals surface area contributed by atoms with E-state index in [0.717, 1.165) is 48.8 Å². The summed E-state index contributed by atoms with van der Waals surface area (Å²) in [5.41, 5.74) is 0.861. The number of aromatic nitrogens is 2. The molecule has 0 saturated heterocycles. The molecule has 1 saturated carbocycles. The van der Waals surface area contributed by atoms with E-state index in [1.54, 1.807) is 0 Å². The van der Waals surface area contributed by atoms with Crippen molar-refractivity contribution in [2.45, 2.75) is 19.3 Å². The van der Waals surface area contributed by atoms with Gasteiger partial charge in [0.05, 0.1) is 5.52 Å². The second kappa shape index (κ2) is 6.37. The van der Waals surface area contributed by atoms with Gasteiger partial charge >= 0.3 is 0 Å². The van der Waals surface area contributed by atoms with Crippen LogP contribution in [0.1, 0.15) is 19.3 Å². The first kappa shape index (κ1) is 13.6. The zero-order valence-corrected chi connectivity index (χ0v) is 12.1. The second-order valence-electron chi connectivity index (χ2n) is 5.16. The molecule has 0 radical (unpaired) electrons. The molecule has 1 N–H and O–H groups in total. The molecule has 1 heterocycles. The van der Waals surface area contributed by atoms with Crippen molar-refractivity contribution < 1.29 is 4.74 Å². The summed E-state index contributed by atoms with van der Waals surface area (Å²) in [7, 11) is 0. The van der Waals surface area contributed by atoms with Crippen molar-refractivity contribution in [3.05, 3.63) is 29.5 Å². The normalized spacial score (nSPS) is 14.7. The fraction of sp³-hybridized carbons (Fsp3) is 0.467. The van der Waals surface area contributed by atoms with Crippen molar-refractivity contribution in [3.63, 3.8) is 0 Å². The molecule has 3 rings (SSSR count). The maximum atomic E-state index is 5.94. The van der Waals surface area contributed by atoms with Crippen molar-refractivity contribution in [1.82, 2.24) is 9.97 Å². The number of rotatable bonds is 7. The molecule has 1 aliphatic carbocycles. The summed E-state index contributed by atoms with van der Waals surface area (Å²) < 4.78 is 5.61. The van der Waals surface area contributed by atoms with Crippen LogP contribution in [0.25, 0.3) is 10.9 Å². The summed E-state index contributed by atoms with van der Waals surface area (Å²) in [6.07, 6.45) is 3.63. The first-order chi connectivity index (χ1) is 9.83. The Kier molecular flexibility index (Phi) is 4.33. The second-order valence-corrected chi connectivity index (χ2v) is 5.50. The summed E-state index contributed by atoms with van der Waals surface area (Å²) >= 11 is 5.94. The molecule has 0 spiro atoms. The minimum absolute atomic E-state index is 0.274. The van der Waals surface area contributed by atoms with Crippen LogP contribution >= 0.6 is 11.6 Å². The molecule has 5 heteroatoms. The van der Waals surface area contributed by atoms with Crippen LogP contribution in [-0.4, -0.2) is 29.7 Å². The van der Waals surface area contributed by atoms with Crippen LogP contribution in [0.4, 0.5) is 5.82 Å². The number of fused-ring (bicyclic) bond motifs is 1. The summed E-state index contributed by atoms with van der Waals surface area (Å²) in [4.78, 5) is 8.47. The third-order valence-electron chi connectivity index (χ3n) is 3.38. The number of hydrogen-bond acceptors (Lipinski definition) is 4. The van der Waals surface area contributed by atoms with Crippen LogP contribution < -0.4 is 5.32 Å². The average molecular weight is 292 g/mol. The van der Waals surface area contributed by atoms with E-state index >= 15 is 0 Å². The van der Waals surface area contributed by atoms with E-state index in [2.05, 4.69) is 15.3 Å². The van der Waals surface area contributed by atoms with Crippen LogP contribution in [0, 0.1) is 5.92 Å². The lowest BCUT2D eigenvalue weighted by molar-refractivity contribution is 0.124. The quantitative estimate of drug-likeness (QED) is 0.626. The molecule has 20 heavy (non-hydrogen) atoms. The molecule has 1 aromatic heterocycles. The first-order valence-corrected chi connectivity index (χ1v) is 7.44. The van der Waals surface area contributed by atoms with Gasteiger partial charge in [-0.1, -0.05) is 12.1 Å². The van der Waals surface area contributed by atoms with Crippen LogP contribution in [0.2, 0.25) is 5.28 Å². The van der Waals surface area contributed by atoms with Crippen molar-refractivity contribution in [2.24, 2.45) is 5.92 Å². The number of nitrogens with one attached hydrogen (secondary N) is 1. The van der Waals surface area contributed by atoms with Crippen LogP contribution in [0.3, 0.4) is 0 Å². The Morgan fingerprint density at radius 3 is 2.95 bits per heavy atom. The molecular weight excluding hydrogens is 274 g/mol. The van der Waals surface area contributed by atoms with Crippen molar-refractivity contribution >= 4 is 28.3 Å². The molecule has 0 amide bonds. The number of benzene rings is 1. The Labute approximate surface area is 123 Å². The fourth-order valence-electron chi connectivity index (χ4n) is 2.10. The lowest BCUT2D eigenvalue weighted by Crippen LogP contribution is -2.08. The van der Waals surface area contributed by atoms with Gasteiger partial charge in [0, 0.05) is 25.1 Å². The van der Waals surface area contributed by atoms with Gasteiger partial charge in [0.2, 0.25) is 5.28 Å². The van der Waals surface area contributed by atoms with Gasteiger partial charge in [0.25, 0.3) is 0 Å². The minimum Gasteiger partial charge on any atom is -0.381 e. The molecular formula is C15H18ClN3O. The Morgan fingerprint density at radius 1 is 1.25 bits per heavy atom. The van der Waals surface area contributed by atoms with E-state index in [0.29, 0.717) is 0 Å². The Hall–Kier alpha value is -1.39. The number of halogens is 1. The van der Waals surface area contributed by atoms with Crippen molar-refractivity contribution in [3.8, 4) is 0 Å². The maximum Gasteiger partial charge on any atom is 0.224 e. The summed E-state index contributed by atoms with van der Waals surface area (Å²) in [6.45, 7) is 2.53. The lowest BCUT2D eigenvalue weighted by Gasteiger charge is -2.09. The van der Waals surface area contributed by atoms with Gasteiger partial charge in [0.15, 0.2) is 0 Å².